The first-order valence-corrected chi connectivity index (χ1v) is 10.6. The number of anilines is 1. The first-order chi connectivity index (χ1) is 14.4. The average Bonchev–Trinajstić information content (AvgIpc) is 2.72. The van der Waals surface area contributed by atoms with Crippen LogP contribution in [0.2, 0.25) is 5.02 Å². The van der Waals surface area contributed by atoms with Gasteiger partial charge in [-0.25, -0.2) is 4.98 Å². The highest BCUT2D eigenvalue weighted by Gasteiger charge is 2.24. The largest absolute Gasteiger partial charge is 0.497 e. The number of aliphatic hydroxyl groups excluding tert-OH is 2. The van der Waals surface area contributed by atoms with E-state index in [4.69, 9.17) is 27.1 Å². The lowest BCUT2D eigenvalue weighted by Gasteiger charge is -2.30. The Hall–Kier alpha value is -2.12. The molecule has 1 atom stereocenters. The van der Waals surface area contributed by atoms with Crippen LogP contribution in [-0.2, 0) is 0 Å². The van der Waals surface area contributed by atoms with Gasteiger partial charge >= 0.3 is 0 Å². The van der Waals surface area contributed by atoms with Crippen LogP contribution < -0.4 is 15.8 Å². The number of hydrogen-bond donors (Lipinski definition) is 4. The lowest BCUT2D eigenvalue weighted by Crippen LogP contribution is -2.42. The van der Waals surface area contributed by atoms with E-state index in [-0.39, 0.29) is 19.3 Å². The van der Waals surface area contributed by atoms with E-state index in [0.29, 0.717) is 24.3 Å². The van der Waals surface area contributed by atoms with Crippen molar-refractivity contribution in [1.82, 2.24) is 4.98 Å². The Bertz CT molecular complexity index is 1010. The molecule has 3 aromatic rings. The Balaban J connectivity index is 1.94. The normalized spacial score (nSPS) is 13.0. The molecular weight excluding hydrogens is 402 g/mol. The van der Waals surface area contributed by atoms with E-state index in [1.165, 1.54) is 0 Å². The summed E-state index contributed by atoms with van der Waals surface area (Å²) in [7, 11) is 1.65. The van der Waals surface area contributed by atoms with Gasteiger partial charge in [-0.05, 0) is 69.0 Å². The van der Waals surface area contributed by atoms with Gasteiger partial charge in [0.2, 0.25) is 0 Å². The standard InChI is InChI=1S/C23H30ClN3O3/c1-15(7-8-23(25,9-11-28)10-12-29)26-22-18-5-3-16(24)13-21(18)27-20-6-4-17(30-2)14-19(20)22/h3-6,13-15,28-29H,7-12,25H2,1-2H3,(H,26,27). The van der Waals surface area contributed by atoms with Gasteiger partial charge in [0.1, 0.15) is 5.75 Å². The van der Waals surface area contributed by atoms with Crippen LogP contribution in [0.25, 0.3) is 21.8 Å². The zero-order valence-corrected chi connectivity index (χ0v) is 18.2. The molecule has 0 aliphatic rings. The van der Waals surface area contributed by atoms with Gasteiger partial charge in [-0.15, -0.1) is 0 Å². The molecule has 1 aromatic heterocycles. The number of pyridine rings is 1. The summed E-state index contributed by atoms with van der Waals surface area (Å²) in [6.45, 7) is 2.13. The van der Waals surface area contributed by atoms with Crippen molar-refractivity contribution < 1.29 is 14.9 Å². The van der Waals surface area contributed by atoms with Gasteiger partial charge in [-0.1, -0.05) is 11.6 Å². The van der Waals surface area contributed by atoms with Crippen LogP contribution >= 0.6 is 11.6 Å². The number of nitrogens with zero attached hydrogens (tertiary/aromatic N) is 1. The summed E-state index contributed by atoms with van der Waals surface area (Å²) in [5.41, 5.74) is 8.49. The fourth-order valence-electron chi connectivity index (χ4n) is 3.82. The van der Waals surface area contributed by atoms with Crippen molar-refractivity contribution in [1.29, 1.82) is 0 Å². The Kier molecular flexibility index (Phi) is 7.36. The molecule has 0 amide bonds. The van der Waals surface area contributed by atoms with Gasteiger partial charge in [-0.2, -0.15) is 0 Å². The molecule has 5 N–H and O–H groups in total. The fourth-order valence-corrected chi connectivity index (χ4v) is 3.99. The quantitative estimate of drug-likeness (QED) is 0.361. The number of halogens is 1. The minimum atomic E-state index is -0.571. The third-order valence-electron chi connectivity index (χ3n) is 5.63. The molecular formula is C23H30ClN3O3. The second kappa shape index (κ2) is 9.79. The number of aromatic nitrogens is 1. The van der Waals surface area contributed by atoms with E-state index < -0.39 is 5.54 Å². The molecule has 0 saturated heterocycles. The maximum absolute atomic E-state index is 9.33. The highest BCUT2D eigenvalue weighted by atomic mass is 35.5. The predicted molar refractivity (Wildman–Crippen MR) is 123 cm³/mol. The second-order valence-electron chi connectivity index (χ2n) is 7.93. The summed E-state index contributed by atoms with van der Waals surface area (Å²) in [4.78, 5) is 4.76. The van der Waals surface area contributed by atoms with Gasteiger partial charge in [0, 0.05) is 40.6 Å². The molecule has 3 rings (SSSR count). The number of benzene rings is 2. The van der Waals surface area contributed by atoms with Gasteiger partial charge in [0.05, 0.1) is 23.8 Å². The fraction of sp³-hybridized carbons (Fsp3) is 0.435. The van der Waals surface area contributed by atoms with E-state index >= 15 is 0 Å². The van der Waals surface area contributed by atoms with E-state index in [1.54, 1.807) is 7.11 Å². The van der Waals surface area contributed by atoms with E-state index in [0.717, 1.165) is 39.7 Å². The SMILES string of the molecule is COc1ccc2nc3cc(Cl)ccc3c(NC(C)CCC(N)(CCO)CCO)c2c1. The molecule has 1 heterocycles. The molecule has 6 nitrogen and oxygen atoms in total. The van der Waals surface area contributed by atoms with E-state index in [2.05, 4.69) is 12.2 Å². The molecule has 0 fully saturated rings. The van der Waals surface area contributed by atoms with Crippen LogP contribution in [-0.4, -0.2) is 47.1 Å². The summed E-state index contributed by atoms with van der Waals surface area (Å²) < 4.78 is 5.42. The Morgan fingerprint density at radius 1 is 1.07 bits per heavy atom. The highest BCUT2D eigenvalue weighted by molar-refractivity contribution is 6.31. The van der Waals surface area contributed by atoms with Crippen LogP contribution in [0, 0.1) is 0 Å². The van der Waals surface area contributed by atoms with Gasteiger partial charge in [0.25, 0.3) is 0 Å². The maximum atomic E-state index is 9.33. The first-order valence-electron chi connectivity index (χ1n) is 10.2. The van der Waals surface area contributed by atoms with E-state index in [1.807, 2.05) is 36.4 Å². The number of nitrogens with two attached hydrogens (primary N) is 1. The van der Waals surface area contributed by atoms with Crippen LogP contribution in [0.15, 0.2) is 36.4 Å². The number of hydrogen-bond acceptors (Lipinski definition) is 6. The molecule has 30 heavy (non-hydrogen) atoms. The number of nitrogens with one attached hydrogen (secondary N) is 1. The Labute approximate surface area is 182 Å². The number of rotatable bonds is 10. The lowest BCUT2D eigenvalue weighted by molar-refractivity contribution is 0.183. The minimum Gasteiger partial charge on any atom is -0.497 e. The van der Waals surface area contributed by atoms with Crippen molar-refractivity contribution in [2.75, 3.05) is 25.6 Å². The number of methoxy groups -OCH3 is 1. The van der Waals surface area contributed by atoms with Gasteiger partial charge in [0.15, 0.2) is 0 Å². The molecule has 7 heteroatoms. The highest BCUT2D eigenvalue weighted by Crippen LogP contribution is 2.35. The lowest BCUT2D eigenvalue weighted by atomic mass is 9.86. The molecule has 162 valence electrons. The maximum Gasteiger partial charge on any atom is 0.119 e. The third kappa shape index (κ3) is 5.13. The number of ether oxygens (including phenoxy) is 1. The second-order valence-corrected chi connectivity index (χ2v) is 8.36. The van der Waals surface area contributed by atoms with Crippen molar-refractivity contribution in [2.24, 2.45) is 5.73 Å². The molecule has 0 saturated carbocycles. The molecule has 0 aliphatic heterocycles. The predicted octanol–water partition coefficient (Wildman–Crippen LogP) is 4.09. The van der Waals surface area contributed by atoms with Crippen molar-refractivity contribution in [3.05, 3.63) is 41.4 Å². The summed E-state index contributed by atoms with van der Waals surface area (Å²) in [6, 6.07) is 11.6. The molecule has 0 bridgehead atoms. The first kappa shape index (κ1) is 22.6. The number of fused-ring (bicyclic) bond motifs is 2. The number of aliphatic hydroxyl groups is 2. The minimum absolute atomic E-state index is 0.0124. The van der Waals surface area contributed by atoms with Gasteiger partial charge < -0.3 is 26.0 Å². The van der Waals surface area contributed by atoms with Crippen molar-refractivity contribution in [2.45, 2.75) is 44.2 Å². The molecule has 0 radical (unpaired) electrons. The van der Waals surface area contributed by atoms with E-state index in [9.17, 15) is 10.2 Å². The monoisotopic (exact) mass is 431 g/mol. The molecule has 2 aromatic carbocycles. The van der Waals surface area contributed by atoms with Crippen molar-refractivity contribution in [3.63, 3.8) is 0 Å². The summed E-state index contributed by atoms with van der Waals surface area (Å²) in [5.74, 6) is 0.764. The zero-order valence-electron chi connectivity index (χ0n) is 17.5. The van der Waals surface area contributed by atoms with Gasteiger partial charge in [-0.3, -0.25) is 0 Å². The summed E-state index contributed by atoms with van der Waals surface area (Å²) >= 11 is 6.20. The molecule has 1 unspecified atom stereocenters. The van der Waals surface area contributed by atoms with Crippen LogP contribution in [0.3, 0.4) is 0 Å². The van der Waals surface area contributed by atoms with Crippen molar-refractivity contribution >= 4 is 39.1 Å². The topological polar surface area (TPSA) is 101 Å². The van der Waals surface area contributed by atoms with Crippen LogP contribution in [0.5, 0.6) is 5.75 Å². The average molecular weight is 432 g/mol. The Morgan fingerprint density at radius 2 is 1.80 bits per heavy atom. The summed E-state index contributed by atoms with van der Waals surface area (Å²) in [5, 5.41) is 24.9. The zero-order chi connectivity index (χ0) is 21.7. The third-order valence-corrected chi connectivity index (χ3v) is 5.86. The molecule has 0 spiro atoms. The van der Waals surface area contributed by atoms with Crippen molar-refractivity contribution in [3.8, 4) is 5.75 Å². The van der Waals surface area contributed by atoms with Crippen LogP contribution in [0.4, 0.5) is 5.69 Å². The summed E-state index contributed by atoms with van der Waals surface area (Å²) in [6.07, 6.45) is 2.42. The smallest absolute Gasteiger partial charge is 0.119 e. The Morgan fingerprint density at radius 3 is 2.47 bits per heavy atom. The molecule has 0 aliphatic carbocycles. The van der Waals surface area contributed by atoms with Crippen LogP contribution in [0.1, 0.15) is 32.6 Å².